The van der Waals surface area contributed by atoms with Gasteiger partial charge < -0.3 is 10.1 Å². The van der Waals surface area contributed by atoms with Gasteiger partial charge in [0, 0.05) is 12.4 Å². The molecule has 20 heavy (non-hydrogen) atoms. The summed E-state index contributed by atoms with van der Waals surface area (Å²) in [5.41, 5.74) is 3.88. The molecule has 0 saturated carbocycles. The highest BCUT2D eigenvalue weighted by molar-refractivity contribution is 5.33. The topological polar surface area (TPSA) is 34.2 Å². The van der Waals surface area contributed by atoms with E-state index in [0.717, 1.165) is 19.6 Å². The molecule has 3 rings (SSSR count). The van der Waals surface area contributed by atoms with Crippen molar-refractivity contribution in [2.24, 2.45) is 0 Å². The van der Waals surface area contributed by atoms with Crippen molar-refractivity contribution in [1.82, 2.24) is 10.3 Å². The lowest BCUT2D eigenvalue weighted by Gasteiger charge is -2.33. The van der Waals surface area contributed by atoms with E-state index in [0.29, 0.717) is 0 Å². The van der Waals surface area contributed by atoms with Crippen molar-refractivity contribution in [3.8, 4) is 0 Å². The van der Waals surface area contributed by atoms with Gasteiger partial charge in [0.05, 0.1) is 12.6 Å². The van der Waals surface area contributed by atoms with E-state index < -0.39 is 0 Å². The average Bonchev–Trinajstić information content (AvgIpc) is 2.53. The van der Waals surface area contributed by atoms with E-state index >= 15 is 0 Å². The molecule has 1 aliphatic heterocycles. The summed E-state index contributed by atoms with van der Waals surface area (Å²) in [4.78, 5) is 4.24. The first-order valence-electron chi connectivity index (χ1n) is 7.23. The molecule has 0 spiro atoms. The second-order valence-corrected chi connectivity index (χ2v) is 5.06. The standard InChI is InChI=1S/C17H20N2O/c1-2-19-16(14-7-5-10-18-12-14)17-15-8-4-3-6-13(15)9-11-20-17/h3-8,10,12,16-17,19H,2,9,11H2,1H3. The van der Waals surface area contributed by atoms with Gasteiger partial charge >= 0.3 is 0 Å². The van der Waals surface area contributed by atoms with Crippen LogP contribution < -0.4 is 5.32 Å². The van der Waals surface area contributed by atoms with Crippen molar-refractivity contribution >= 4 is 0 Å². The van der Waals surface area contributed by atoms with Gasteiger partial charge in [0.15, 0.2) is 0 Å². The molecular formula is C17H20N2O. The highest BCUT2D eigenvalue weighted by Gasteiger charge is 2.29. The summed E-state index contributed by atoms with van der Waals surface area (Å²) in [5, 5.41) is 3.54. The third kappa shape index (κ3) is 2.60. The molecule has 1 aliphatic rings. The lowest BCUT2D eigenvalue weighted by Crippen LogP contribution is -2.31. The van der Waals surface area contributed by atoms with Crippen LogP contribution in [0.1, 0.15) is 35.8 Å². The van der Waals surface area contributed by atoms with Gasteiger partial charge in [0.25, 0.3) is 0 Å². The maximum atomic E-state index is 6.08. The molecule has 0 fully saturated rings. The van der Waals surface area contributed by atoms with Crippen molar-refractivity contribution in [3.05, 3.63) is 65.5 Å². The largest absolute Gasteiger partial charge is 0.371 e. The fraction of sp³-hybridized carbons (Fsp3) is 0.353. The molecule has 1 aromatic carbocycles. The fourth-order valence-corrected chi connectivity index (χ4v) is 2.88. The van der Waals surface area contributed by atoms with Crippen LogP contribution in [-0.2, 0) is 11.2 Å². The zero-order valence-corrected chi connectivity index (χ0v) is 11.8. The van der Waals surface area contributed by atoms with Gasteiger partial charge in [-0.1, -0.05) is 37.3 Å². The van der Waals surface area contributed by atoms with Gasteiger partial charge in [-0.3, -0.25) is 4.98 Å². The van der Waals surface area contributed by atoms with E-state index in [1.165, 1.54) is 16.7 Å². The minimum Gasteiger partial charge on any atom is -0.371 e. The Balaban J connectivity index is 1.97. The molecule has 2 atom stereocenters. The molecule has 1 N–H and O–H groups in total. The number of nitrogens with one attached hydrogen (secondary N) is 1. The molecule has 2 aromatic rings. The summed E-state index contributed by atoms with van der Waals surface area (Å²) in [6.07, 6.45) is 4.79. The molecule has 0 radical (unpaired) electrons. The smallest absolute Gasteiger partial charge is 0.102 e. The van der Waals surface area contributed by atoms with Crippen molar-refractivity contribution < 1.29 is 4.74 Å². The number of pyridine rings is 1. The lowest BCUT2D eigenvalue weighted by molar-refractivity contribution is 0.0150. The average molecular weight is 268 g/mol. The molecule has 3 nitrogen and oxygen atoms in total. The summed E-state index contributed by atoms with van der Waals surface area (Å²) in [6, 6.07) is 12.8. The number of hydrogen-bond acceptors (Lipinski definition) is 3. The second-order valence-electron chi connectivity index (χ2n) is 5.06. The molecule has 0 bridgehead atoms. The van der Waals surface area contributed by atoms with Crippen molar-refractivity contribution in [2.75, 3.05) is 13.2 Å². The summed E-state index contributed by atoms with van der Waals surface area (Å²) in [5.74, 6) is 0. The Hall–Kier alpha value is -1.71. The highest BCUT2D eigenvalue weighted by atomic mass is 16.5. The number of benzene rings is 1. The first-order chi connectivity index (χ1) is 9.90. The Morgan fingerprint density at radius 2 is 2.20 bits per heavy atom. The Labute approximate surface area is 120 Å². The summed E-state index contributed by atoms with van der Waals surface area (Å²) in [7, 11) is 0. The van der Waals surface area contributed by atoms with Crippen molar-refractivity contribution in [1.29, 1.82) is 0 Å². The number of aromatic nitrogens is 1. The molecule has 104 valence electrons. The number of hydrogen-bond donors (Lipinski definition) is 1. The van der Waals surface area contributed by atoms with Crippen LogP contribution in [0.25, 0.3) is 0 Å². The van der Waals surface area contributed by atoms with Gasteiger partial charge in [0.2, 0.25) is 0 Å². The van der Waals surface area contributed by atoms with Crippen molar-refractivity contribution in [2.45, 2.75) is 25.5 Å². The van der Waals surface area contributed by atoms with E-state index in [9.17, 15) is 0 Å². The van der Waals surface area contributed by atoms with Gasteiger partial charge in [-0.15, -0.1) is 0 Å². The minimum absolute atomic E-state index is 0.0594. The molecule has 2 heterocycles. The summed E-state index contributed by atoms with van der Waals surface area (Å²) in [6.45, 7) is 3.81. The molecule has 0 aliphatic carbocycles. The summed E-state index contributed by atoms with van der Waals surface area (Å²) >= 11 is 0. The number of rotatable bonds is 4. The van der Waals surface area contributed by atoms with Crippen LogP contribution in [0.2, 0.25) is 0 Å². The maximum Gasteiger partial charge on any atom is 0.102 e. The summed E-state index contributed by atoms with van der Waals surface area (Å²) < 4.78 is 6.08. The van der Waals surface area contributed by atoms with Crippen LogP contribution in [0.3, 0.4) is 0 Å². The molecule has 0 saturated heterocycles. The van der Waals surface area contributed by atoms with Crippen LogP contribution in [0.5, 0.6) is 0 Å². The Kier molecular flexibility index (Phi) is 4.09. The molecule has 0 amide bonds. The molecular weight excluding hydrogens is 248 g/mol. The highest BCUT2D eigenvalue weighted by Crippen LogP contribution is 2.36. The lowest BCUT2D eigenvalue weighted by atomic mass is 9.90. The normalized spacial score (nSPS) is 19.4. The zero-order valence-electron chi connectivity index (χ0n) is 11.8. The number of likely N-dealkylation sites (N-methyl/N-ethyl adjacent to an activating group) is 1. The third-order valence-corrected chi connectivity index (χ3v) is 3.80. The van der Waals surface area contributed by atoms with Gasteiger partial charge in [0.1, 0.15) is 6.10 Å². The Morgan fingerprint density at radius 1 is 1.30 bits per heavy atom. The van der Waals surface area contributed by atoms with Crippen LogP contribution in [0, 0.1) is 0 Å². The van der Waals surface area contributed by atoms with Crippen LogP contribution in [-0.4, -0.2) is 18.1 Å². The number of ether oxygens (including phenoxy) is 1. The Bertz CT molecular complexity index is 556. The van der Waals surface area contributed by atoms with Crippen LogP contribution >= 0.6 is 0 Å². The van der Waals surface area contributed by atoms with E-state index in [1.54, 1.807) is 0 Å². The second kappa shape index (κ2) is 6.16. The minimum atomic E-state index is 0.0594. The SMILES string of the molecule is CCNC(c1cccnc1)C1OCCc2ccccc21. The van der Waals surface area contributed by atoms with Gasteiger partial charge in [-0.05, 0) is 35.7 Å². The van der Waals surface area contributed by atoms with Gasteiger partial charge in [-0.2, -0.15) is 0 Å². The quantitative estimate of drug-likeness (QED) is 0.925. The van der Waals surface area contributed by atoms with E-state index in [2.05, 4.69) is 47.6 Å². The van der Waals surface area contributed by atoms with Crippen molar-refractivity contribution in [3.63, 3.8) is 0 Å². The van der Waals surface area contributed by atoms with E-state index in [1.807, 2.05) is 18.5 Å². The number of fused-ring (bicyclic) bond motifs is 1. The van der Waals surface area contributed by atoms with Gasteiger partial charge in [-0.25, -0.2) is 0 Å². The van der Waals surface area contributed by atoms with Crippen LogP contribution in [0.15, 0.2) is 48.8 Å². The van der Waals surface area contributed by atoms with E-state index in [4.69, 9.17) is 4.74 Å². The molecule has 3 heteroatoms. The zero-order chi connectivity index (χ0) is 13.8. The monoisotopic (exact) mass is 268 g/mol. The number of nitrogens with zero attached hydrogens (tertiary/aromatic N) is 1. The first kappa shape index (κ1) is 13.3. The maximum absolute atomic E-state index is 6.08. The predicted octanol–water partition coefficient (Wildman–Crippen LogP) is 3.05. The fourth-order valence-electron chi connectivity index (χ4n) is 2.88. The molecule has 1 aromatic heterocycles. The third-order valence-electron chi connectivity index (χ3n) is 3.80. The van der Waals surface area contributed by atoms with E-state index in [-0.39, 0.29) is 12.1 Å². The molecule has 2 unspecified atom stereocenters. The predicted molar refractivity (Wildman–Crippen MR) is 79.5 cm³/mol. The Morgan fingerprint density at radius 3 is 3.00 bits per heavy atom. The first-order valence-corrected chi connectivity index (χ1v) is 7.23. The van der Waals surface area contributed by atoms with Crippen LogP contribution in [0.4, 0.5) is 0 Å².